The van der Waals surface area contributed by atoms with E-state index in [0.717, 1.165) is 16.6 Å². The Morgan fingerprint density at radius 2 is 2.19 bits per heavy atom. The van der Waals surface area contributed by atoms with Gasteiger partial charge in [-0.25, -0.2) is 4.57 Å². The zero-order valence-electron chi connectivity index (χ0n) is 15.1. The smallest absolute Gasteiger partial charge is 0.362 e. The first-order valence-corrected chi connectivity index (χ1v) is 9.45. The number of rotatable bonds is 7. The number of benzene rings is 1. The molecule has 0 saturated carbocycles. The minimum Gasteiger partial charge on any atom is -0.362 e. The number of nitrogens with zero attached hydrogens (tertiary/aromatic N) is 5. The van der Waals surface area contributed by atoms with Crippen LogP contribution in [-0.2, 0) is 12.3 Å². The Kier molecular flexibility index (Phi) is 5.90. The summed E-state index contributed by atoms with van der Waals surface area (Å²) in [5.41, 5.74) is 1.24. The maximum Gasteiger partial charge on any atom is 0.387 e. The molecule has 6 nitrogen and oxygen atoms in total. The number of fused-ring (bicyclic) bond motifs is 1. The summed E-state index contributed by atoms with van der Waals surface area (Å²) >= 11 is 1.66. The lowest BCUT2D eigenvalue weighted by Gasteiger charge is -2.15. The summed E-state index contributed by atoms with van der Waals surface area (Å²) in [6.45, 7) is 4.81. The van der Waals surface area contributed by atoms with Gasteiger partial charge in [0.1, 0.15) is 6.54 Å². The standard InChI is InChI=1S/C19H24N5OS/c1-4-10-23-17-11-16(26-13-15-8-6-5-7-9-15)21-19(20-14-22(2)3)24(17)12-18(23)25/h4-9,11,14,18,25H,1,10,12-13H2,2-3H3/q+1. The Hall–Kier alpha value is -2.38. The van der Waals surface area contributed by atoms with E-state index >= 15 is 0 Å². The van der Waals surface area contributed by atoms with E-state index in [1.54, 1.807) is 24.2 Å². The Labute approximate surface area is 158 Å². The molecule has 1 unspecified atom stereocenters. The molecule has 2 heterocycles. The highest BCUT2D eigenvalue weighted by molar-refractivity contribution is 7.98. The molecule has 1 aliphatic rings. The molecule has 0 fully saturated rings. The van der Waals surface area contributed by atoms with Crippen molar-refractivity contribution in [3.05, 3.63) is 54.6 Å². The summed E-state index contributed by atoms with van der Waals surface area (Å²) in [4.78, 5) is 13.0. The van der Waals surface area contributed by atoms with Crippen LogP contribution in [0.2, 0.25) is 0 Å². The Morgan fingerprint density at radius 1 is 1.42 bits per heavy atom. The first-order chi connectivity index (χ1) is 12.6. The first kappa shape index (κ1) is 18.4. The minimum absolute atomic E-state index is 0.444. The summed E-state index contributed by atoms with van der Waals surface area (Å²) < 4.78 is 1.95. The second-order valence-electron chi connectivity index (χ2n) is 6.27. The third-order valence-corrected chi connectivity index (χ3v) is 4.92. The fourth-order valence-corrected chi connectivity index (χ4v) is 3.58. The van der Waals surface area contributed by atoms with E-state index < -0.39 is 6.23 Å². The van der Waals surface area contributed by atoms with Crippen LogP contribution < -0.4 is 9.47 Å². The van der Waals surface area contributed by atoms with Crippen LogP contribution in [0.5, 0.6) is 0 Å². The van der Waals surface area contributed by atoms with Crippen molar-refractivity contribution in [1.29, 1.82) is 0 Å². The van der Waals surface area contributed by atoms with Crippen molar-refractivity contribution in [2.45, 2.75) is 23.6 Å². The molecule has 2 aromatic rings. The normalized spacial score (nSPS) is 16.1. The monoisotopic (exact) mass is 370 g/mol. The number of thioether (sulfide) groups is 1. The van der Waals surface area contributed by atoms with Crippen LogP contribution in [0.15, 0.2) is 59.1 Å². The lowest BCUT2D eigenvalue weighted by molar-refractivity contribution is -0.667. The average molecular weight is 371 g/mol. The van der Waals surface area contributed by atoms with E-state index in [9.17, 15) is 5.11 Å². The molecule has 26 heavy (non-hydrogen) atoms. The molecular formula is C19H24N5OS+. The summed E-state index contributed by atoms with van der Waals surface area (Å²) in [6, 6.07) is 12.3. The number of aliphatic hydroxyl groups excluding tert-OH is 1. The number of anilines is 1. The van der Waals surface area contributed by atoms with Gasteiger partial charge in [0.25, 0.3) is 0 Å². The third kappa shape index (κ3) is 4.23. The summed E-state index contributed by atoms with van der Waals surface area (Å²) in [6.07, 6.45) is 2.92. The molecule has 136 valence electrons. The van der Waals surface area contributed by atoms with Crippen LogP contribution in [0.25, 0.3) is 0 Å². The van der Waals surface area contributed by atoms with E-state index in [2.05, 4.69) is 23.7 Å². The lowest BCUT2D eigenvalue weighted by Crippen LogP contribution is -2.34. The molecule has 1 aromatic carbocycles. The van der Waals surface area contributed by atoms with Crippen molar-refractivity contribution in [3.63, 3.8) is 0 Å². The summed E-state index contributed by atoms with van der Waals surface area (Å²) in [5.74, 6) is 2.34. The zero-order valence-corrected chi connectivity index (χ0v) is 15.9. The SMILES string of the molecule is C=CCN1c2cc(SCc3ccccc3)nc(/N=C/N(C)C)[n+]2CC1O. The van der Waals surface area contributed by atoms with Gasteiger partial charge in [-0.2, -0.15) is 0 Å². The Bertz CT molecular complexity index is 794. The molecular weight excluding hydrogens is 346 g/mol. The van der Waals surface area contributed by atoms with Gasteiger partial charge in [0.2, 0.25) is 5.82 Å². The second kappa shape index (κ2) is 8.33. The second-order valence-corrected chi connectivity index (χ2v) is 7.26. The number of hydrogen-bond acceptors (Lipinski definition) is 5. The molecule has 0 amide bonds. The fourth-order valence-electron chi connectivity index (χ4n) is 2.74. The van der Waals surface area contributed by atoms with Gasteiger partial charge in [-0.3, -0.25) is 4.90 Å². The molecule has 0 bridgehead atoms. The van der Waals surface area contributed by atoms with Gasteiger partial charge in [-0.1, -0.05) is 58.1 Å². The molecule has 3 rings (SSSR count). The number of aliphatic hydroxyl groups is 1. The highest BCUT2D eigenvalue weighted by Crippen LogP contribution is 2.28. The molecule has 1 aromatic heterocycles. The van der Waals surface area contributed by atoms with Crippen molar-refractivity contribution in [3.8, 4) is 0 Å². The van der Waals surface area contributed by atoms with Crippen molar-refractivity contribution in [1.82, 2.24) is 9.88 Å². The zero-order chi connectivity index (χ0) is 18.5. The van der Waals surface area contributed by atoms with Gasteiger partial charge in [-0.15, -0.1) is 6.58 Å². The maximum atomic E-state index is 10.4. The Morgan fingerprint density at radius 3 is 2.88 bits per heavy atom. The van der Waals surface area contributed by atoms with Gasteiger partial charge < -0.3 is 10.0 Å². The number of aromatic nitrogens is 2. The summed E-state index contributed by atoms with van der Waals surface area (Å²) in [7, 11) is 3.84. The van der Waals surface area contributed by atoms with E-state index in [1.165, 1.54) is 5.56 Å². The lowest BCUT2D eigenvalue weighted by atomic mass is 10.2. The fraction of sp³-hybridized carbons (Fsp3) is 0.316. The maximum absolute atomic E-state index is 10.4. The molecule has 0 saturated heterocycles. The molecule has 1 atom stereocenters. The third-order valence-electron chi connectivity index (χ3n) is 3.94. The van der Waals surface area contributed by atoms with E-state index in [0.29, 0.717) is 19.0 Å². The first-order valence-electron chi connectivity index (χ1n) is 8.46. The molecule has 0 aliphatic carbocycles. The quantitative estimate of drug-likeness (QED) is 0.202. The highest BCUT2D eigenvalue weighted by Gasteiger charge is 2.35. The van der Waals surface area contributed by atoms with Gasteiger partial charge in [0.05, 0.1) is 6.54 Å². The van der Waals surface area contributed by atoms with Crippen LogP contribution in [0, 0.1) is 0 Å². The van der Waals surface area contributed by atoms with Crippen LogP contribution in [0.3, 0.4) is 0 Å². The molecule has 1 N–H and O–H groups in total. The molecule has 0 radical (unpaired) electrons. The van der Waals surface area contributed by atoms with Gasteiger partial charge in [0, 0.05) is 25.9 Å². The Balaban J connectivity index is 1.92. The van der Waals surface area contributed by atoms with Gasteiger partial charge in [-0.05, 0) is 5.56 Å². The number of aliphatic imine (C=N–C) groups is 1. The van der Waals surface area contributed by atoms with E-state index in [4.69, 9.17) is 4.98 Å². The van der Waals surface area contributed by atoms with Gasteiger partial charge in [0.15, 0.2) is 17.6 Å². The van der Waals surface area contributed by atoms with Gasteiger partial charge >= 0.3 is 5.95 Å². The van der Waals surface area contributed by atoms with Crippen molar-refractivity contribution in [2.24, 2.45) is 4.99 Å². The van der Waals surface area contributed by atoms with E-state index in [-0.39, 0.29) is 0 Å². The molecule has 0 spiro atoms. The topological polar surface area (TPSA) is 55.8 Å². The summed E-state index contributed by atoms with van der Waals surface area (Å²) in [5, 5.41) is 11.3. The van der Waals surface area contributed by atoms with Crippen LogP contribution in [-0.4, -0.2) is 48.2 Å². The predicted octanol–water partition coefficient (Wildman–Crippen LogP) is 2.21. The van der Waals surface area contributed by atoms with Crippen LogP contribution in [0.4, 0.5) is 11.8 Å². The van der Waals surface area contributed by atoms with Crippen molar-refractivity contribution in [2.75, 3.05) is 25.5 Å². The molecule has 1 aliphatic heterocycles. The van der Waals surface area contributed by atoms with Crippen molar-refractivity contribution < 1.29 is 9.67 Å². The largest absolute Gasteiger partial charge is 0.387 e. The predicted molar refractivity (Wildman–Crippen MR) is 106 cm³/mol. The number of hydrogen-bond donors (Lipinski definition) is 1. The van der Waals surface area contributed by atoms with Crippen LogP contribution in [0.1, 0.15) is 5.56 Å². The van der Waals surface area contributed by atoms with Crippen molar-refractivity contribution >= 4 is 29.9 Å². The highest BCUT2D eigenvalue weighted by atomic mass is 32.2. The minimum atomic E-state index is -0.600. The van der Waals surface area contributed by atoms with Crippen LogP contribution >= 0.6 is 11.8 Å². The molecule has 7 heteroatoms. The average Bonchev–Trinajstić information content (AvgIpc) is 2.95. The van der Waals surface area contributed by atoms with E-state index in [1.807, 2.05) is 52.7 Å².